The van der Waals surface area contributed by atoms with Gasteiger partial charge in [-0.1, -0.05) is 19.1 Å². The number of aliphatic hydroxyl groups excluding tert-OH is 1. The van der Waals surface area contributed by atoms with Crippen molar-refractivity contribution in [2.45, 2.75) is 36.3 Å². The molecule has 0 spiro atoms. The summed E-state index contributed by atoms with van der Waals surface area (Å²) in [5, 5.41) is 12.4. The van der Waals surface area contributed by atoms with E-state index in [2.05, 4.69) is 5.32 Å². The lowest BCUT2D eigenvalue weighted by Crippen LogP contribution is -2.39. The molecule has 3 atom stereocenters. The van der Waals surface area contributed by atoms with Crippen molar-refractivity contribution in [2.75, 3.05) is 13.2 Å². The molecule has 0 bridgehead atoms. The highest BCUT2D eigenvalue weighted by Crippen LogP contribution is 2.37. The van der Waals surface area contributed by atoms with Gasteiger partial charge in [0.05, 0.1) is 0 Å². The van der Waals surface area contributed by atoms with Crippen molar-refractivity contribution >= 4 is 11.8 Å². The van der Waals surface area contributed by atoms with E-state index >= 15 is 0 Å². The predicted octanol–water partition coefficient (Wildman–Crippen LogP) is 2.90. The fourth-order valence-corrected chi connectivity index (χ4v) is 2.38. The Morgan fingerprint density at radius 1 is 1.24 bits per heavy atom. The highest BCUT2D eigenvalue weighted by molar-refractivity contribution is 8.00. The normalized spacial score (nSPS) is 16.5. The first-order valence-corrected chi connectivity index (χ1v) is 7.51. The molecule has 0 aromatic heterocycles. The summed E-state index contributed by atoms with van der Waals surface area (Å²) in [5.41, 5.74) is 2.28. The SMILES string of the molecule is CC(CO)C(C)NC(CN)c1ccc(SC(F)(F)F)cc1. The van der Waals surface area contributed by atoms with Crippen molar-refractivity contribution in [3.8, 4) is 0 Å². The van der Waals surface area contributed by atoms with Crippen LogP contribution in [0.15, 0.2) is 29.2 Å². The molecular weight excluding hydrogens is 301 g/mol. The van der Waals surface area contributed by atoms with E-state index in [1.165, 1.54) is 12.1 Å². The van der Waals surface area contributed by atoms with Crippen LogP contribution in [-0.2, 0) is 0 Å². The number of alkyl halides is 3. The Balaban J connectivity index is 2.73. The van der Waals surface area contributed by atoms with Crippen LogP contribution in [0, 0.1) is 5.92 Å². The minimum Gasteiger partial charge on any atom is -0.396 e. The molecule has 4 N–H and O–H groups in total. The molecule has 0 heterocycles. The zero-order valence-corrected chi connectivity index (χ0v) is 12.8. The van der Waals surface area contributed by atoms with Gasteiger partial charge in [0.15, 0.2) is 0 Å². The third kappa shape index (κ3) is 6.25. The Morgan fingerprint density at radius 3 is 2.24 bits per heavy atom. The van der Waals surface area contributed by atoms with Gasteiger partial charge >= 0.3 is 5.51 Å². The van der Waals surface area contributed by atoms with Gasteiger partial charge in [0, 0.05) is 30.1 Å². The maximum atomic E-state index is 12.3. The minimum absolute atomic E-state index is 0.0489. The van der Waals surface area contributed by atoms with Crippen LogP contribution in [0.1, 0.15) is 25.5 Å². The van der Waals surface area contributed by atoms with Gasteiger partial charge in [-0.15, -0.1) is 0 Å². The highest BCUT2D eigenvalue weighted by Gasteiger charge is 2.29. The number of halogens is 3. The smallest absolute Gasteiger partial charge is 0.396 e. The van der Waals surface area contributed by atoms with E-state index in [1.54, 1.807) is 12.1 Å². The van der Waals surface area contributed by atoms with Crippen LogP contribution in [0.25, 0.3) is 0 Å². The number of benzene rings is 1. The van der Waals surface area contributed by atoms with Crippen molar-refractivity contribution in [3.05, 3.63) is 29.8 Å². The van der Waals surface area contributed by atoms with Crippen molar-refractivity contribution in [1.82, 2.24) is 5.32 Å². The monoisotopic (exact) mass is 322 g/mol. The van der Waals surface area contributed by atoms with Gasteiger partial charge < -0.3 is 16.2 Å². The van der Waals surface area contributed by atoms with Crippen LogP contribution in [0.4, 0.5) is 13.2 Å². The number of hydrogen-bond donors (Lipinski definition) is 3. The zero-order valence-electron chi connectivity index (χ0n) is 12.0. The molecule has 3 nitrogen and oxygen atoms in total. The molecule has 120 valence electrons. The molecule has 7 heteroatoms. The molecule has 0 aliphatic carbocycles. The third-order valence-electron chi connectivity index (χ3n) is 3.36. The van der Waals surface area contributed by atoms with E-state index in [0.717, 1.165) is 5.56 Å². The van der Waals surface area contributed by atoms with Crippen LogP contribution in [-0.4, -0.2) is 29.8 Å². The zero-order chi connectivity index (χ0) is 16.0. The maximum absolute atomic E-state index is 12.3. The molecular formula is C14H21F3N2OS. The Hall–Kier alpha value is -0.760. The lowest BCUT2D eigenvalue weighted by molar-refractivity contribution is -0.0328. The quantitative estimate of drug-likeness (QED) is 0.676. The van der Waals surface area contributed by atoms with Crippen molar-refractivity contribution in [3.63, 3.8) is 0 Å². The van der Waals surface area contributed by atoms with Crippen molar-refractivity contribution < 1.29 is 18.3 Å². The molecule has 0 amide bonds. The molecule has 1 rings (SSSR count). The summed E-state index contributed by atoms with van der Waals surface area (Å²) in [5.74, 6) is 0.0686. The van der Waals surface area contributed by atoms with Gasteiger partial charge in [0.25, 0.3) is 0 Å². The molecule has 0 radical (unpaired) electrons. The Labute approximate surface area is 127 Å². The minimum atomic E-state index is -4.28. The van der Waals surface area contributed by atoms with Gasteiger partial charge in [0.2, 0.25) is 0 Å². The molecule has 1 aromatic rings. The van der Waals surface area contributed by atoms with Gasteiger partial charge in [-0.2, -0.15) is 13.2 Å². The number of rotatable bonds is 7. The lowest BCUT2D eigenvalue weighted by Gasteiger charge is -2.26. The largest absolute Gasteiger partial charge is 0.446 e. The molecule has 0 saturated carbocycles. The first-order valence-electron chi connectivity index (χ1n) is 6.69. The number of thioether (sulfide) groups is 1. The van der Waals surface area contributed by atoms with E-state index in [4.69, 9.17) is 10.8 Å². The van der Waals surface area contributed by atoms with Crippen LogP contribution in [0.3, 0.4) is 0 Å². The Bertz CT molecular complexity index is 425. The average molecular weight is 322 g/mol. The topological polar surface area (TPSA) is 58.3 Å². The average Bonchev–Trinajstić information content (AvgIpc) is 2.43. The summed E-state index contributed by atoms with van der Waals surface area (Å²) in [7, 11) is 0. The third-order valence-corrected chi connectivity index (χ3v) is 4.10. The number of aliphatic hydroxyl groups is 1. The molecule has 0 fully saturated rings. The van der Waals surface area contributed by atoms with Crippen LogP contribution in [0.5, 0.6) is 0 Å². The van der Waals surface area contributed by atoms with E-state index in [1.807, 2.05) is 13.8 Å². The summed E-state index contributed by atoms with van der Waals surface area (Å²) in [6.45, 7) is 4.24. The number of hydrogen-bond acceptors (Lipinski definition) is 4. The van der Waals surface area contributed by atoms with Crippen LogP contribution < -0.4 is 11.1 Å². The predicted molar refractivity (Wildman–Crippen MR) is 79.0 cm³/mol. The highest BCUT2D eigenvalue weighted by atomic mass is 32.2. The first kappa shape index (κ1) is 18.3. The number of nitrogens with two attached hydrogens (primary N) is 1. The second-order valence-electron chi connectivity index (χ2n) is 5.02. The second-order valence-corrected chi connectivity index (χ2v) is 6.16. The standard InChI is InChI=1S/C14H21F3N2OS/c1-9(8-20)10(2)19-13(7-18)11-3-5-12(6-4-11)21-14(15,16)17/h3-6,9-10,13,19-20H,7-8,18H2,1-2H3. The second kappa shape index (κ2) is 8.03. The fourth-order valence-electron chi connectivity index (χ4n) is 1.84. The summed E-state index contributed by atoms with van der Waals surface area (Å²) < 4.78 is 36.8. The van der Waals surface area contributed by atoms with Crippen LogP contribution in [0.2, 0.25) is 0 Å². The molecule has 3 unspecified atom stereocenters. The molecule has 0 aliphatic rings. The van der Waals surface area contributed by atoms with Gasteiger partial charge in [-0.05, 0) is 42.3 Å². The number of nitrogens with one attached hydrogen (secondary N) is 1. The van der Waals surface area contributed by atoms with Crippen LogP contribution >= 0.6 is 11.8 Å². The van der Waals surface area contributed by atoms with Crippen molar-refractivity contribution in [1.29, 1.82) is 0 Å². The van der Waals surface area contributed by atoms with Gasteiger partial charge in [-0.3, -0.25) is 0 Å². The molecule has 0 aliphatic heterocycles. The van der Waals surface area contributed by atoms with E-state index in [0.29, 0.717) is 6.54 Å². The van der Waals surface area contributed by atoms with E-state index < -0.39 is 5.51 Å². The summed E-state index contributed by atoms with van der Waals surface area (Å²) in [6, 6.07) is 6.08. The molecule has 21 heavy (non-hydrogen) atoms. The summed E-state index contributed by atoms with van der Waals surface area (Å²) >= 11 is -0.134. The Kier molecular flexibility index (Phi) is 6.99. The maximum Gasteiger partial charge on any atom is 0.446 e. The first-order chi connectivity index (χ1) is 9.76. The Morgan fingerprint density at radius 2 is 1.81 bits per heavy atom. The summed E-state index contributed by atoms with van der Waals surface area (Å²) in [4.78, 5) is 0.152. The lowest BCUT2D eigenvalue weighted by atomic mass is 10.0. The molecule has 0 saturated heterocycles. The van der Waals surface area contributed by atoms with Gasteiger partial charge in [-0.25, -0.2) is 0 Å². The molecule has 1 aromatic carbocycles. The summed E-state index contributed by atoms with van der Waals surface area (Å²) in [6.07, 6.45) is 0. The van der Waals surface area contributed by atoms with E-state index in [-0.39, 0.29) is 41.3 Å². The fraction of sp³-hybridized carbons (Fsp3) is 0.571. The van der Waals surface area contributed by atoms with Gasteiger partial charge in [0.1, 0.15) is 0 Å². The van der Waals surface area contributed by atoms with Crippen molar-refractivity contribution in [2.24, 2.45) is 11.7 Å². The van der Waals surface area contributed by atoms with E-state index in [9.17, 15) is 13.2 Å².